The quantitative estimate of drug-likeness (QED) is 0.746. The molecule has 0 saturated heterocycles. The van der Waals surface area contributed by atoms with Crippen molar-refractivity contribution in [1.29, 1.82) is 0 Å². The van der Waals surface area contributed by atoms with Crippen LogP contribution in [-0.2, 0) is 16.1 Å². The number of hydrogen-bond donors (Lipinski definition) is 3. The summed E-state index contributed by atoms with van der Waals surface area (Å²) in [6, 6.07) is 7.50. The van der Waals surface area contributed by atoms with Gasteiger partial charge in [0.25, 0.3) is 0 Å². The van der Waals surface area contributed by atoms with Gasteiger partial charge in [0.15, 0.2) is 0 Å². The highest BCUT2D eigenvalue weighted by atomic mass is 16.2. The van der Waals surface area contributed by atoms with E-state index in [1.54, 1.807) is 6.92 Å². The molecule has 1 fully saturated rings. The number of benzene rings is 1. The molecular formula is C16H23N3O2. The van der Waals surface area contributed by atoms with Gasteiger partial charge in [-0.15, -0.1) is 0 Å². The molecule has 2 rings (SSSR count). The Labute approximate surface area is 125 Å². The smallest absolute Gasteiger partial charge is 0.240 e. The van der Waals surface area contributed by atoms with Crippen molar-refractivity contribution in [2.24, 2.45) is 11.7 Å². The average molecular weight is 289 g/mol. The first-order valence-corrected chi connectivity index (χ1v) is 7.39. The zero-order valence-electron chi connectivity index (χ0n) is 12.6. The number of carbonyl (C=O) groups is 2. The van der Waals surface area contributed by atoms with Crippen LogP contribution in [0.2, 0.25) is 0 Å². The summed E-state index contributed by atoms with van der Waals surface area (Å²) in [7, 11) is 0. The number of nitrogens with two attached hydrogens (primary N) is 1. The topological polar surface area (TPSA) is 84.2 Å². The van der Waals surface area contributed by atoms with E-state index in [1.165, 1.54) is 0 Å². The second-order valence-electron chi connectivity index (χ2n) is 5.92. The van der Waals surface area contributed by atoms with Crippen LogP contribution >= 0.6 is 0 Å². The van der Waals surface area contributed by atoms with Crippen LogP contribution in [0.25, 0.3) is 0 Å². The van der Waals surface area contributed by atoms with Gasteiger partial charge in [-0.3, -0.25) is 9.59 Å². The maximum atomic E-state index is 11.9. The Kier molecular flexibility index (Phi) is 4.63. The van der Waals surface area contributed by atoms with Crippen molar-refractivity contribution >= 4 is 17.5 Å². The van der Waals surface area contributed by atoms with E-state index in [2.05, 4.69) is 10.6 Å². The maximum Gasteiger partial charge on any atom is 0.240 e. The molecule has 0 bridgehead atoms. The largest absolute Gasteiger partial charge is 0.350 e. The molecule has 0 aromatic heterocycles. The Bertz CT molecular complexity index is 536. The fraction of sp³-hybridized carbons (Fsp3) is 0.500. The van der Waals surface area contributed by atoms with Gasteiger partial charge in [-0.2, -0.15) is 0 Å². The standard InChI is InChI=1S/C16H23N3O2/c1-3-16(2,17)15(21)18-10-11-5-4-6-13(9-11)19-14(20)12-7-8-12/h4-6,9,12H,3,7-8,10,17H2,1-2H3,(H,18,21)(H,19,20). The lowest BCUT2D eigenvalue weighted by atomic mass is 9.99. The highest BCUT2D eigenvalue weighted by Crippen LogP contribution is 2.30. The highest BCUT2D eigenvalue weighted by Gasteiger charge is 2.29. The van der Waals surface area contributed by atoms with Crippen molar-refractivity contribution in [2.45, 2.75) is 45.2 Å². The molecule has 21 heavy (non-hydrogen) atoms. The number of hydrogen-bond acceptors (Lipinski definition) is 3. The predicted octanol–water partition coefficient (Wildman–Crippen LogP) is 1.78. The molecule has 1 aromatic carbocycles. The number of anilines is 1. The molecular weight excluding hydrogens is 266 g/mol. The molecule has 5 nitrogen and oxygen atoms in total. The number of carbonyl (C=O) groups excluding carboxylic acids is 2. The molecule has 2 amide bonds. The van der Waals surface area contributed by atoms with E-state index in [4.69, 9.17) is 5.73 Å². The fourth-order valence-corrected chi connectivity index (χ4v) is 1.89. The summed E-state index contributed by atoms with van der Waals surface area (Å²) in [5, 5.41) is 5.73. The summed E-state index contributed by atoms with van der Waals surface area (Å²) in [4.78, 5) is 23.6. The maximum absolute atomic E-state index is 11.9. The number of nitrogens with one attached hydrogen (secondary N) is 2. The second-order valence-corrected chi connectivity index (χ2v) is 5.92. The minimum Gasteiger partial charge on any atom is -0.350 e. The Morgan fingerprint density at radius 1 is 1.38 bits per heavy atom. The molecule has 1 aromatic rings. The lowest BCUT2D eigenvalue weighted by Gasteiger charge is -2.21. The van der Waals surface area contributed by atoms with E-state index in [0.717, 1.165) is 24.1 Å². The first-order valence-electron chi connectivity index (χ1n) is 7.39. The normalized spacial score (nSPS) is 16.9. The molecule has 1 unspecified atom stereocenters. The second kappa shape index (κ2) is 6.26. The molecule has 0 aliphatic heterocycles. The van der Waals surface area contributed by atoms with Crippen molar-refractivity contribution in [3.05, 3.63) is 29.8 Å². The van der Waals surface area contributed by atoms with E-state index in [-0.39, 0.29) is 17.7 Å². The van der Waals surface area contributed by atoms with E-state index in [9.17, 15) is 9.59 Å². The van der Waals surface area contributed by atoms with Crippen LogP contribution < -0.4 is 16.4 Å². The molecule has 0 heterocycles. The minimum atomic E-state index is -0.849. The van der Waals surface area contributed by atoms with Crippen LogP contribution in [0, 0.1) is 5.92 Å². The Morgan fingerprint density at radius 2 is 2.10 bits per heavy atom. The molecule has 5 heteroatoms. The van der Waals surface area contributed by atoms with Gasteiger partial charge >= 0.3 is 0 Å². The lowest BCUT2D eigenvalue weighted by Crippen LogP contribution is -2.50. The summed E-state index contributed by atoms with van der Waals surface area (Å²) in [6.45, 7) is 4.00. The molecule has 0 radical (unpaired) electrons. The first-order chi connectivity index (χ1) is 9.92. The Morgan fingerprint density at radius 3 is 2.71 bits per heavy atom. The third-order valence-corrected chi connectivity index (χ3v) is 3.85. The fourth-order valence-electron chi connectivity index (χ4n) is 1.89. The van der Waals surface area contributed by atoms with Gasteiger partial charge in [-0.1, -0.05) is 19.1 Å². The van der Waals surface area contributed by atoms with Crippen molar-refractivity contribution in [3.8, 4) is 0 Å². The van der Waals surface area contributed by atoms with Gasteiger partial charge in [0.1, 0.15) is 0 Å². The minimum absolute atomic E-state index is 0.0803. The monoisotopic (exact) mass is 289 g/mol. The zero-order chi connectivity index (χ0) is 15.5. The van der Waals surface area contributed by atoms with Crippen LogP contribution in [0.1, 0.15) is 38.7 Å². The Balaban J connectivity index is 1.91. The average Bonchev–Trinajstić information content (AvgIpc) is 3.29. The van der Waals surface area contributed by atoms with Gasteiger partial charge in [0.2, 0.25) is 11.8 Å². The molecule has 1 aliphatic rings. The van der Waals surface area contributed by atoms with E-state index in [1.807, 2.05) is 31.2 Å². The summed E-state index contributed by atoms with van der Waals surface area (Å²) in [5.41, 5.74) is 6.74. The third kappa shape index (κ3) is 4.29. The highest BCUT2D eigenvalue weighted by molar-refractivity contribution is 5.94. The van der Waals surface area contributed by atoms with E-state index < -0.39 is 5.54 Å². The summed E-state index contributed by atoms with van der Waals surface area (Å²) < 4.78 is 0. The van der Waals surface area contributed by atoms with Crippen molar-refractivity contribution in [3.63, 3.8) is 0 Å². The van der Waals surface area contributed by atoms with Crippen LogP contribution in [-0.4, -0.2) is 17.4 Å². The molecule has 1 aliphatic carbocycles. The van der Waals surface area contributed by atoms with Crippen molar-refractivity contribution in [2.75, 3.05) is 5.32 Å². The van der Waals surface area contributed by atoms with Crippen LogP contribution in [0.15, 0.2) is 24.3 Å². The predicted molar refractivity (Wildman–Crippen MR) is 82.5 cm³/mol. The van der Waals surface area contributed by atoms with E-state index >= 15 is 0 Å². The van der Waals surface area contributed by atoms with E-state index in [0.29, 0.717) is 13.0 Å². The summed E-state index contributed by atoms with van der Waals surface area (Å²) in [6.07, 6.45) is 2.54. The van der Waals surface area contributed by atoms with Crippen LogP contribution in [0.4, 0.5) is 5.69 Å². The Hall–Kier alpha value is -1.88. The van der Waals surface area contributed by atoms with Gasteiger partial charge < -0.3 is 16.4 Å². The van der Waals surface area contributed by atoms with Gasteiger partial charge in [0, 0.05) is 18.2 Å². The molecule has 1 saturated carbocycles. The van der Waals surface area contributed by atoms with Crippen LogP contribution in [0.5, 0.6) is 0 Å². The number of amides is 2. The van der Waals surface area contributed by atoms with Crippen molar-refractivity contribution in [1.82, 2.24) is 5.32 Å². The molecule has 1 atom stereocenters. The molecule has 4 N–H and O–H groups in total. The van der Waals surface area contributed by atoms with Gasteiger partial charge in [-0.05, 0) is 43.9 Å². The zero-order valence-corrected chi connectivity index (χ0v) is 12.6. The lowest BCUT2D eigenvalue weighted by molar-refractivity contribution is -0.126. The van der Waals surface area contributed by atoms with Crippen molar-refractivity contribution < 1.29 is 9.59 Å². The van der Waals surface area contributed by atoms with Crippen LogP contribution in [0.3, 0.4) is 0 Å². The summed E-state index contributed by atoms with van der Waals surface area (Å²) in [5.74, 6) is 0.0879. The third-order valence-electron chi connectivity index (χ3n) is 3.85. The van der Waals surface area contributed by atoms with Gasteiger partial charge in [0.05, 0.1) is 5.54 Å². The molecule has 114 valence electrons. The first kappa shape index (κ1) is 15.5. The summed E-state index contributed by atoms with van der Waals surface area (Å²) >= 11 is 0. The number of rotatable bonds is 6. The van der Waals surface area contributed by atoms with Gasteiger partial charge in [-0.25, -0.2) is 0 Å². The SMILES string of the molecule is CCC(C)(N)C(=O)NCc1cccc(NC(=O)C2CC2)c1. The molecule has 0 spiro atoms.